The number of fused-ring (bicyclic) bond motifs is 1. The molecule has 4 heterocycles. The molecule has 1 unspecified atom stereocenters. The minimum absolute atomic E-state index is 0.377. The van der Waals surface area contributed by atoms with Gasteiger partial charge in [-0.2, -0.15) is 0 Å². The number of pyridine rings is 1. The first kappa shape index (κ1) is 22.8. The number of aryl methyl sites for hydroxylation is 2. The standard InChI is InChI=1S/C28H36N6/c1-16(2)25-23-14-20(9-10-24(23)30-26(25)22-12-18(5)29-19(6)13-22)27-31-28(33-32-27)21-8-7-11-34(15-21)17(3)4/h9-10,12-14,16-17,21,30H,7-8,11,15H2,1-6H3,(H,31,32,33). The number of rotatable bonds is 5. The second-order valence-electron chi connectivity index (χ2n) is 10.5. The first-order valence-corrected chi connectivity index (χ1v) is 12.6. The summed E-state index contributed by atoms with van der Waals surface area (Å²) in [5, 5.41) is 10.4. The maximum atomic E-state index is 4.57. The summed E-state index contributed by atoms with van der Waals surface area (Å²) in [5.41, 5.74) is 8.02. The molecule has 1 fully saturated rings. The van der Waals surface area contributed by atoms with Gasteiger partial charge < -0.3 is 14.9 Å². The third-order valence-electron chi connectivity index (χ3n) is 7.13. The van der Waals surface area contributed by atoms with Crippen molar-refractivity contribution in [2.24, 2.45) is 0 Å². The SMILES string of the molecule is Cc1cc(-c2[nH]c3ccc(-c4nnc(C5CCCN(C(C)C)C5)[nH]4)cc3c2C(C)C)cc(C)n1. The Bertz CT molecular complexity index is 1290. The predicted octanol–water partition coefficient (Wildman–Crippen LogP) is 6.34. The van der Waals surface area contributed by atoms with Gasteiger partial charge in [0, 0.05) is 51.9 Å². The van der Waals surface area contributed by atoms with Gasteiger partial charge in [0.05, 0.1) is 5.69 Å². The van der Waals surface area contributed by atoms with Crippen LogP contribution in [0.2, 0.25) is 0 Å². The largest absolute Gasteiger partial charge is 0.354 e. The van der Waals surface area contributed by atoms with Crippen molar-refractivity contribution in [3.63, 3.8) is 0 Å². The molecule has 2 N–H and O–H groups in total. The smallest absolute Gasteiger partial charge is 0.161 e. The van der Waals surface area contributed by atoms with E-state index >= 15 is 0 Å². The summed E-state index contributed by atoms with van der Waals surface area (Å²) in [6.07, 6.45) is 2.38. The van der Waals surface area contributed by atoms with Crippen molar-refractivity contribution in [1.29, 1.82) is 0 Å². The summed E-state index contributed by atoms with van der Waals surface area (Å²) in [4.78, 5) is 14.3. The van der Waals surface area contributed by atoms with Gasteiger partial charge in [0.2, 0.25) is 0 Å². The fourth-order valence-electron chi connectivity index (χ4n) is 5.45. The number of nitrogens with one attached hydrogen (secondary N) is 2. The average Bonchev–Trinajstić information content (AvgIpc) is 3.43. The van der Waals surface area contributed by atoms with Crippen LogP contribution in [0.3, 0.4) is 0 Å². The van der Waals surface area contributed by atoms with Crippen molar-refractivity contribution in [1.82, 2.24) is 30.0 Å². The topological polar surface area (TPSA) is 73.5 Å². The first-order chi connectivity index (χ1) is 16.3. The Morgan fingerprint density at radius 1 is 0.941 bits per heavy atom. The molecule has 178 valence electrons. The highest BCUT2D eigenvalue weighted by atomic mass is 15.2. The van der Waals surface area contributed by atoms with E-state index in [1.54, 1.807) is 0 Å². The zero-order chi connectivity index (χ0) is 24.0. The van der Waals surface area contributed by atoms with Crippen LogP contribution >= 0.6 is 0 Å². The van der Waals surface area contributed by atoms with Crippen LogP contribution in [0.5, 0.6) is 0 Å². The Balaban J connectivity index is 1.52. The second-order valence-corrected chi connectivity index (χ2v) is 10.5. The van der Waals surface area contributed by atoms with Gasteiger partial charge in [-0.1, -0.05) is 13.8 Å². The summed E-state index contributed by atoms with van der Waals surface area (Å²) >= 11 is 0. The number of nitrogens with zero attached hydrogens (tertiary/aromatic N) is 4. The minimum atomic E-state index is 0.377. The van der Waals surface area contributed by atoms with Gasteiger partial charge in [0.15, 0.2) is 5.82 Å². The van der Waals surface area contributed by atoms with E-state index in [4.69, 9.17) is 0 Å². The van der Waals surface area contributed by atoms with Gasteiger partial charge in [-0.15, -0.1) is 10.2 Å². The Labute approximate surface area is 202 Å². The van der Waals surface area contributed by atoms with Crippen LogP contribution in [0.4, 0.5) is 0 Å². The molecule has 0 spiro atoms. The predicted molar refractivity (Wildman–Crippen MR) is 139 cm³/mol. The quantitative estimate of drug-likeness (QED) is 0.367. The molecule has 0 amide bonds. The Hall–Kier alpha value is -2.99. The van der Waals surface area contributed by atoms with E-state index in [1.165, 1.54) is 41.6 Å². The van der Waals surface area contributed by atoms with E-state index in [0.717, 1.165) is 40.7 Å². The lowest BCUT2D eigenvalue weighted by atomic mass is 9.95. The Morgan fingerprint density at radius 2 is 1.71 bits per heavy atom. The number of aromatic amines is 2. The van der Waals surface area contributed by atoms with Crippen LogP contribution in [-0.2, 0) is 0 Å². The number of H-pyrrole nitrogens is 2. The Morgan fingerprint density at radius 3 is 2.41 bits per heavy atom. The van der Waals surface area contributed by atoms with Crippen LogP contribution in [0.15, 0.2) is 30.3 Å². The van der Waals surface area contributed by atoms with Gasteiger partial charge in [-0.05, 0) is 88.9 Å². The number of piperidine rings is 1. The molecule has 5 rings (SSSR count). The van der Waals surface area contributed by atoms with Crippen LogP contribution in [-0.4, -0.2) is 49.2 Å². The summed E-state index contributed by atoms with van der Waals surface area (Å²) in [5.74, 6) is 2.67. The van der Waals surface area contributed by atoms with Gasteiger partial charge in [-0.25, -0.2) is 0 Å². The Kier molecular flexibility index (Phi) is 6.02. The summed E-state index contributed by atoms with van der Waals surface area (Å²) in [7, 11) is 0. The molecule has 6 heteroatoms. The first-order valence-electron chi connectivity index (χ1n) is 12.6. The van der Waals surface area contributed by atoms with E-state index in [0.29, 0.717) is 17.9 Å². The van der Waals surface area contributed by atoms with E-state index in [-0.39, 0.29) is 0 Å². The van der Waals surface area contributed by atoms with E-state index in [9.17, 15) is 0 Å². The van der Waals surface area contributed by atoms with Gasteiger partial charge >= 0.3 is 0 Å². The normalized spacial score (nSPS) is 17.4. The summed E-state index contributed by atoms with van der Waals surface area (Å²) < 4.78 is 0. The lowest BCUT2D eigenvalue weighted by Gasteiger charge is -2.34. The molecule has 1 aliphatic heterocycles. The highest BCUT2D eigenvalue weighted by Crippen LogP contribution is 2.37. The fraction of sp³-hybridized carbons (Fsp3) is 0.464. The minimum Gasteiger partial charge on any atom is -0.354 e. The van der Waals surface area contributed by atoms with Crippen molar-refractivity contribution in [2.45, 2.75) is 72.3 Å². The van der Waals surface area contributed by atoms with Gasteiger partial charge in [-0.3, -0.25) is 4.98 Å². The molecule has 0 saturated carbocycles. The molecule has 1 saturated heterocycles. The van der Waals surface area contributed by atoms with Crippen LogP contribution < -0.4 is 0 Å². The van der Waals surface area contributed by atoms with Crippen LogP contribution in [0, 0.1) is 13.8 Å². The number of benzene rings is 1. The monoisotopic (exact) mass is 456 g/mol. The number of hydrogen-bond donors (Lipinski definition) is 2. The van der Waals surface area contributed by atoms with Crippen molar-refractivity contribution < 1.29 is 0 Å². The molecule has 1 atom stereocenters. The van der Waals surface area contributed by atoms with E-state index in [2.05, 4.69) is 102 Å². The molecular weight excluding hydrogens is 420 g/mol. The lowest BCUT2D eigenvalue weighted by molar-refractivity contribution is 0.165. The fourth-order valence-corrected chi connectivity index (χ4v) is 5.45. The molecule has 3 aromatic heterocycles. The maximum Gasteiger partial charge on any atom is 0.161 e. The molecule has 34 heavy (non-hydrogen) atoms. The van der Waals surface area contributed by atoms with Crippen molar-refractivity contribution >= 4 is 10.9 Å². The highest BCUT2D eigenvalue weighted by Gasteiger charge is 2.26. The zero-order valence-electron chi connectivity index (χ0n) is 21.2. The third-order valence-corrected chi connectivity index (χ3v) is 7.13. The van der Waals surface area contributed by atoms with Crippen molar-refractivity contribution in [2.75, 3.05) is 13.1 Å². The molecule has 0 bridgehead atoms. The van der Waals surface area contributed by atoms with Gasteiger partial charge in [0.25, 0.3) is 0 Å². The molecule has 0 aliphatic carbocycles. The van der Waals surface area contributed by atoms with Crippen molar-refractivity contribution in [3.05, 3.63) is 53.1 Å². The van der Waals surface area contributed by atoms with E-state index < -0.39 is 0 Å². The molecule has 1 aromatic carbocycles. The molecule has 0 radical (unpaired) electrons. The van der Waals surface area contributed by atoms with Crippen molar-refractivity contribution in [3.8, 4) is 22.6 Å². The number of likely N-dealkylation sites (tertiary alicyclic amines) is 1. The lowest BCUT2D eigenvalue weighted by Crippen LogP contribution is -2.39. The third kappa shape index (κ3) is 4.27. The summed E-state index contributed by atoms with van der Waals surface area (Å²) in [6.45, 7) is 15.4. The number of aromatic nitrogens is 5. The summed E-state index contributed by atoms with van der Waals surface area (Å²) in [6, 6.07) is 11.5. The molecule has 4 aromatic rings. The maximum absolute atomic E-state index is 4.57. The molecular formula is C28H36N6. The average molecular weight is 457 g/mol. The zero-order valence-corrected chi connectivity index (χ0v) is 21.2. The molecule has 6 nitrogen and oxygen atoms in total. The number of hydrogen-bond acceptors (Lipinski definition) is 4. The highest BCUT2D eigenvalue weighted by molar-refractivity contribution is 5.93. The molecule has 1 aliphatic rings. The second kappa shape index (κ2) is 8.99. The van der Waals surface area contributed by atoms with Crippen LogP contribution in [0.1, 0.15) is 75.1 Å². The van der Waals surface area contributed by atoms with Gasteiger partial charge in [0.1, 0.15) is 5.82 Å². The van der Waals surface area contributed by atoms with E-state index in [1.807, 2.05) is 0 Å². The van der Waals surface area contributed by atoms with Crippen LogP contribution in [0.25, 0.3) is 33.5 Å².